The molecule has 72 valence electrons. The first-order valence-corrected chi connectivity index (χ1v) is 5.11. The Morgan fingerprint density at radius 2 is 2.08 bits per heavy atom. The SMILES string of the molecule is CCONC1CCC(C)CC1C. The minimum Gasteiger partial charge on any atom is -0.302 e. The molecule has 2 nitrogen and oxygen atoms in total. The monoisotopic (exact) mass is 171 g/mol. The second-order valence-corrected chi connectivity index (χ2v) is 4.05. The molecule has 0 aromatic rings. The van der Waals surface area contributed by atoms with Gasteiger partial charge in [-0.15, -0.1) is 0 Å². The van der Waals surface area contributed by atoms with Crippen LogP contribution in [0.15, 0.2) is 0 Å². The highest BCUT2D eigenvalue weighted by molar-refractivity contribution is 4.78. The van der Waals surface area contributed by atoms with Crippen LogP contribution in [0, 0.1) is 11.8 Å². The maximum atomic E-state index is 5.23. The molecule has 0 heterocycles. The molecule has 1 fully saturated rings. The van der Waals surface area contributed by atoms with E-state index in [0.717, 1.165) is 18.4 Å². The zero-order chi connectivity index (χ0) is 8.97. The number of rotatable bonds is 3. The predicted octanol–water partition coefficient (Wildman–Crippen LogP) is 2.35. The van der Waals surface area contributed by atoms with Crippen LogP contribution in [0.5, 0.6) is 0 Å². The molecule has 0 radical (unpaired) electrons. The molecule has 0 aromatic carbocycles. The smallest absolute Gasteiger partial charge is 0.0654 e. The molecular formula is C10H21NO. The van der Waals surface area contributed by atoms with Crippen molar-refractivity contribution in [3.05, 3.63) is 0 Å². The maximum Gasteiger partial charge on any atom is 0.0654 e. The van der Waals surface area contributed by atoms with Gasteiger partial charge in [0.1, 0.15) is 0 Å². The molecule has 1 aliphatic carbocycles. The minimum absolute atomic E-state index is 0.584. The van der Waals surface area contributed by atoms with Crippen molar-refractivity contribution < 1.29 is 4.84 Å². The van der Waals surface area contributed by atoms with Crippen LogP contribution >= 0.6 is 0 Å². The Balaban J connectivity index is 2.25. The van der Waals surface area contributed by atoms with Gasteiger partial charge in [-0.3, -0.25) is 0 Å². The van der Waals surface area contributed by atoms with Gasteiger partial charge in [0.15, 0.2) is 0 Å². The quantitative estimate of drug-likeness (QED) is 0.658. The van der Waals surface area contributed by atoms with Crippen LogP contribution in [0.2, 0.25) is 0 Å². The zero-order valence-electron chi connectivity index (χ0n) is 8.47. The lowest BCUT2D eigenvalue weighted by Crippen LogP contribution is -2.38. The Morgan fingerprint density at radius 3 is 2.67 bits per heavy atom. The van der Waals surface area contributed by atoms with Crippen molar-refractivity contribution in [2.75, 3.05) is 6.61 Å². The molecule has 1 N–H and O–H groups in total. The van der Waals surface area contributed by atoms with Gasteiger partial charge in [0.2, 0.25) is 0 Å². The Hall–Kier alpha value is -0.0800. The molecule has 0 saturated heterocycles. The van der Waals surface area contributed by atoms with Crippen LogP contribution < -0.4 is 5.48 Å². The molecular weight excluding hydrogens is 150 g/mol. The van der Waals surface area contributed by atoms with E-state index in [0.29, 0.717) is 6.04 Å². The number of hydrogen-bond donors (Lipinski definition) is 1. The van der Waals surface area contributed by atoms with Crippen molar-refractivity contribution in [3.63, 3.8) is 0 Å². The fraction of sp³-hybridized carbons (Fsp3) is 1.00. The van der Waals surface area contributed by atoms with Gasteiger partial charge in [-0.1, -0.05) is 13.8 Å². The summed E-state index contributed by atoms with van der Waals surface area (Å²) < 4.78 is 0. The van der Waals surface area contributed by atoms with E-state index in [-0.39, 0.29) is 0 Å². The molecule has 2 heteroatoms. The summed E-state index contributed by atoms with van der Waals surface area (Å²) in [5, 5.41) is 0. The molecule has 1 rings (SSSR count). The van der Waals surface area contributed by atoms with Gasteiger partial charge in [0.25, 0.3) is 0 Å². The van der Waals surface area contributed by atoms with Crippen molar-refractivity contribution >= 4 is 0 Å². The normalized spacial score (nSPS) is 36.8. The standard InChI is InChI=1S/C10H21NO/c1-4-12-11-10-6-5-8(2)7-9(10)3/h8-11H,4-7H2,1-3H3. The van der Waals surface area contributed by atoms with Crippen molar-refractivity contribution in [1.82, 2.24) is 5.48 Å². The summed E-state index contributed by atoms with van der Waals surface area (Å²) in [6.07, 6.45) is 3.95. The van der Waals surface area contributed by atoms with Crippen molar-refractivity contribution in [1.29, 1.82) is 0 Å². The fourth-order valence-corrected chi connectivity index (χ4v) is 2.03. The van der Waals surface area contributed by atoms with Gasteiger partial charge >= 0.3 is 0 Å². The highest BCUT2D eigenvalue weighted by atomic mass is 16.6. The molecule has 0 spiro atoms. The van der Waals surface area contributed by atoms with Crippen molar-refractivity contribution in [2.45, 2.75) is 46.1 Å². The Kier molecular flexibility index (Phi) is 4.02. The van der Waals surface area contributed by atoms with Crippen LogP contribution in [0.1, 0.15) is 40.0 Å². The topological polar surface area (TPSA) is 21.3 Å². The minimum atomic E-state index is 0.584. The highest BCUT2D eigenvalue weighted by Gasteiger charge is 2.24. The summed E-state index contributed by atoms with van der Waals surface area (Å²) >= 11 is 0. The lowest BCUT2D eigenvalue weighted by atomic mass is 9.80. The van der Waals surface area contributed by atoms with Gasteiger partial charge in [0, 0.05) is 6.04 Å². The van der Waals surface area contributed by atoms with Crippen LogP contribution in [0.3, 0.4) is 0 Å². The summed E-state index contributed by atoms with van der Waals surface area (Å²) in [5.41, 5.74) is 3.14. The molecule has 0 bridgehead atoms. The van der Waals surface area contributed by atoms with Gasteiger partial charge in [-0.05, 0) is 38.0 Å². The number of hydroxylamine groups is 1. The Labute approximate surface area is 75.6 Å². The first kappa shape index (κ1) is 10.0. The molecule has 0 amide bonds. The summed E-state index contributed by atoms with van der Waals surface area (Å²) in [7, 11) is 0. The van der Waals surface area contributed by atoms with E-state index in [4.69, 9.17) is 4.84 Å². The number of nitrogens with one attached hydrogen (secondary N) is 1. The third-order valence-electron chi connectivity index (χ3n) is 2.81. The Bertz CT molecular complexity index is 125. The third-order valence-corrected chi connectivity index (χ3v) is 2.81. The largest absolute Gasteiger partial charge is 0.302 e. The first-order chi connectivity index (χ1) is 5.74. The average molecular weight is 171 g/mol. The number of hydrogen-bond acceptors (Lipinski definition) is 2. The van der Waals surface area contributed by atoms with Gasteiger partial charge in [-0.2, -0.15) is 5.48 Å². The summed E-state index contributed by atoms with van der Waals surface area (Å²) in [4.78, 5) is 5.23. The van der Waals surface area contributed by atoms with E-state index in [1.165, 1.54) is 19.3 Å². The molecule has 3 atom stereocenters. The summed E-state index contributed by atoms with van der Waals surface area (Å²) in [6.45, 7) is 7.43. The second kappa shape index (κ2) is 4.83. The van der Waals surface area contributed by atoms with Gasteiger partial charge in [0.05, 0.1) is 6.61 Å². The van der Waals surface area contributed by atoms with Crippen LogP contribution in [-0.4, -0.2) is 12.6 Å². The maximum absolute atomic E-state index is 5.23. The molecule has 12 heavy (non-hydrogen) atoms. The molecule has 3 unspecified atom stereocenters. The lowest BCUT2D eigenvalue weighted by Gasteiger charge is -2.32. The van der Waals surface area contributed by atoms with Crippen LogP contribution in [0.25, 0.3) is 0 Å². The zero-order valence-corrected chi connectivity index (χ0v) is 8.47. The first-order valence-electron chi connectivity index (χ1n) is 5.11. The van der Waals surface area contributed by atoms with Crippen molar-refractivity contribution in [2.24, 2.45) is 11.8 Å². The lowest BCUT2D eigenvalue weighted by molar-refractivity contribution is -0.00410. The van der Waals surface area contributed by atoms with Crippen LogP contribution in [-0.2, 0) is 4.84 Å². The van der Waals surface area contributed by atoms with Gasteiger partial charge in [-0.25, -0.2) is 0 Å². The van der Waals surface area contributed by atoms with E-state index in [9.17, 15) is 0 Å². The molecule has 1 saturated carbocycles. The van der Waals surface area contributed by atoms with E-state index in [2.05, 4.69) is 19.3 Å². The average Bonchev–Trinajstić information content (AvgIpc) is 2.03. The molecule has 1 aliphatic rings. The van der Waals surface area contributed by atoms with Crippen LogP contribution in [0.4, 0.5) is 0 Å². The van der Waals surface area contributed by atoms with E-state index >= 15 is 0 Å². The van der Waals surface area contributed by atoms with E-state index in [1.807, 2.05) is 6.92 Å². The Morgan fingerprint density at radius 1 is 1.33 bits per heavy atom. The second-order valence-electron chi connectivity index (χ2n) is 4.05. The van der Waals surface area contributed by atoms with E-state index in [1.54, 1.807) is 0 Å². The van der Waals surface area contributed by atoms with E-state index < -0.39 is 0 Å². The van der Waals surface area contributed by atoms with Crippen molar-refractivity contribution in [3.8, 4) is 0 Å². The summed E-state index contributed by atoms with van der Waals surface area (Å²) in [6, 6.07) is 0.584. The fourth-order valence-electron chi connectivity index (χ4n) is 2.03. The van der Waals surface area contributed by atoms with Gasteiger partial charge < -0.3 is 4.84 Å². The third kappa shape index (κ3) is 2.76. The highest BCUT2D eigenvalue weighted by Crippen LogP contribution is 2.28. The predicted molar refractivity (Wildman–Crippen MR) is 50.7 cm³/mol. The molecule has 0 aromatic heterocycles. The molecule has 0 aliphatic heterocycles. The summed E-state index contributed by atoms with van der Waals surface area (Å²) in [5.74, 6) is 1.67.